The Balaban J connectivity index is 0.000000147. The van der Waals surface area contributed by atoms with Gasteiger partial charge in [0, 0.05) is 0 Å². The predicted molar refractivity (Wildman–Crippen MR) is 276 cm³/mol. The standard InChI is InChI=1S/C24H14O2.2C18H15P.ClH.Ir/c25-23-19-13-7-8-14-20(19)24(26)22(16-18-11-5-2-6-12-18)21(23)15-17-9-3-1-4-10-17;2*1-4-10-16(11-5-1)19(17-12-6-2-7-13-17)18-14-8-3-9-15-18;;/h1-14H;2*1-15H;1H;/q-2;;;;+3/p-1. The Kier molecular flexibility index (Phi) is 18.3. The van der Waals surface area contributed by atoms with Gasteiger partial charge in [0.15, 0.2) is 0 Å². The average molecular weight is 1090 g/mol. The summed E-state index contributed by atoms with van der Waals surface area (Å²) >= 11 is 1.47. The van der Waals surface area contributed by atoms with Crippen molar-refractivity contribution in [2.75, 3.05) is 0 Å². The number of carbonyl (C=O) groups excluding carboxylic acids is 2. The van der Waals surface area contributed by atoms with E-state index in [-0.39, 0.29) is 22.7 Å². The van der Waals surface area contributed by atoms with Crippen molar-refractivity contribution in [3.63, 3.8) is 0 Å². The van der Waals surface area contributed by atoms with Gasteiger partial charge in [-0.15, -0.1) is 46.5 Å². The predicted octanol–water partition coefficient (Wildman–Crippen LogP) is 12.2. The van der Waals surface area contributed by atoms with Gasteiger partial charge in [-0.3, -0.25) is 0 Å². The maximum atomic E-state index is 13.1. The summed E-state index contributed by atoms with van der Waals surface area (Å²) in [4.78, 5) is 26.1. The first-order valence-electron chi connectivity index (χ1n) is 21.2. The van der Waals surface area contributed by atoms with E-state index in [1.807, 2.05) is 60.7 Å². The molecule has 0 saturated carbocycles. The number of benzene rings is 9. The summed E-state index contributed by atoms with van der Waals surface area (Å²) in [6.07, 6.45) is 6.24. The Morgan fingerprint density at radius 3 is 0.667 bits per heavy atom. The molecule has 0 fully saturated rings. The van der Waals surface area contributed by atoms with Gasteiger partial charge in [-0.05, 0) is 58.8 Å². The third-order valence-corrected chi connectivity index (χ3v) is 15.2. The molecule has 2 nitrogen and oxygen atoms in total. The topological polar surface area (TPSA) is 34.1 Å². The molecule has 9 aromatic carbocycles. The van der Waals surface area contributed by atoms with Gasteiger partial charge in [-0.2, -0.15) is 12.2 Å². The Hall–Kier alpha value is -6.40. The number of fused-ring (bicyclic) bond motifs is 1. The monoisotopic (exact) mass is 1090 g/mol. The molecule has 0 N–H and O–H groups in total. The molecule has 0 heterocycles. The minimum Gasteiger partial charge on any atom is -0.0622 e. The fraction of sp³-hybridized carbons (Fsp3) is 0. The summed E-state index contributed by atoms with van der Waals surface area (Å²) in [6.45, 7) is 0. The van der Waals surface area contributed by atoms with Crippen molar-refractivity contribution in [2.24, 2.45) is 0 Å². The first-order chi connectivity index (χ1) is 32.6. The third kappa shape index (κ3) is 12.7. The molecule has 1 aliphatic rings. The van der Waals surface area contributed by atoms with Crippen LogP contribution in [0.2, 0.25) is 0 Å². The molecule has 0 unspecified atom stereocenters. The molecule has 0 saturated heterocycles. The molecule has 0 atom stereocenters. The Morgan fingerprint density at radius 1 is 0.273 bits per heavy atom. The second kappa shape index (κ2) is 25.3. The molecule has 10 rings (SSSR count). The number of rotatable bonds is 8. The van der Waals surface area contributed by atoms with Gasteiger partial charge in [0.2, 0.25) is 0 Å². The Morgan fingerprint density at radius 2 is 0.455 bits per heavy atom. The number of ketones is 2. The molecular weight excluding hydrogens is 1040 g/mol. The molecule has 0 amide bonds. The normalized spacial score (nSPS) is 12.8. The minimum atomic E-state index is -0.446. The van der Waals surface area contributed by atoms with Gasteiger partial charge in [-0.25, -0.2) is 0 Å². The summed E-state index contributed by atoms with van der Waals surface area (Å²) < 4.78 is 0. The molecule has 1 aliphatic carbocycles. The number of allylic oxidation sites excluding steroid dienone is 2. The van der Waals surface area contributed by atoms with E-state index < -0.39 is 15.8 Å². The summed E-state index contributed by atoms with van der Waals surface area (Å²) in [5.74, 6) is -0.412. The van der Waals surface area contributed by atoms with E-state index in [1.165, 1.54) is 49.7 Å². The van der Waals surface area contributed by atoms with Gasteiger partial charge in [0.05, 0.1) is 11.6 Å². The van der Waals surface area contributed by atoms with Gasteiger partial charge in [0.25, 0.3) is 0 Å². The zero-order valence-electron chi connectivity index (χ0n) is 35.8. The van der Waals surface area contributed by atoms with Gasteiger partial charge >= 0.3 is 27.5 Å². The number of hydrogen-bond donors (Lipinski definition) is 0. The van der Waals surface area contributed by atoms with Crippen LogP contribution >= 0.6 is 25.4 Å². The number of halogens is 1. The van der Waals surface area contributed by atoms with Crippen molar-refractivity contribution in [1.82, 2.24) is 0 Å². The maximum Gasteiger partial charge on any atom is -0.0134 e. The summed E-state index contributed by atoms with van der Waals surface area (Å²) in [7, 11) is 3.75. The van der Waals surface area contributed by atoms with Crippen LogP contribution in [0.5, 0.6) is 0 Å². The number of carbonyl (C=O) groups is 2. The molecule has 6 heteroatoms. The van der Waals surface area contributed by atoms with E-state index in [4.69, 9.17) is 0 Å². The van der Waals surface area contributed by atoms with Crippen LogP contribution < -0.4 is 31.8 Å². The van der Waals surface area contributed by atoms with Crippen molar-refractivity contribution < 1.29 is 27.5 Å². The van der Waals surface area contributed by atoms with Crippen LogP contribution in [0.3, 0.4) is 0 Å². The van der Waals surface area contributed by atoms with Crippen LogP contribution in [0.15, 0.2) is 278 Å². The third-order valence-electron chi connectivity index (χ3n) is 10.3. The average Bonchev–Trinajstić information content (AvgIpc) is 3.40. The summed E-state index contributed by atoms with van der Waals surface area (Å²) in [5, 5.41) is 8.39. The first kappa shape index (κ1) is 47.6. The van der Waals surface area contributed by atoms with Crippen LogP contribution in [-0.4, -0.2) is 11.6 Å². The van der Waals surface area contributed by atoms with Crippen molar-refractivity contribution in [1.29, 1.82) is 0 Å². The van der Waals surface area contributed by atoms with Crippen molar-refractivity contribution in [3.8, 4) is 0 Å². The van der Waals surface area contributed by atoms with Crippen LogP contribution in [0, 0.1) is 12.2 Å². The van der Waals surface area contributed by atoms with Crippen molar-refractivity contribution >= 4 is 68.8 Å². The molecule has 9 aromatic rings. The second-order valence-corrected chi connectivity index (χ2v) is 19.1. The molecule has 0 aromatic heterocycles. The van der Waals surface area contributed by atoms with Crippen LogP contribution in [0.1, 0.15) is 31.8 Å². The minimum absolute atomic E-state index is 0.206. The maximum absolute atomic E-state index is 13.1. The zero-order valence-corrected chi connectivity index (χ0v) is 40.8. The zero-order chi connectivity index (χ0) is 45.8. The molecule has 0 aliphatic heterocycles. The molecular formula is C60H44ClIrO2P2. The van der Waals surface area contributed by atoms with E-state index in [0.717, 1.165) is 11.1 Å². The van der Waals surface area contributed by atoms with E-state index in [0.29, 0.717) is 11.1 Å². The van der Waals surface area contributed by atoms with E-state index in [9.17, 15) is 9.59 Å². The fourth-order valence-corrected chi connectivity index (χ4v) is 11.9. The van der Waals surface area contributed by atoms with Crippen LogP contribution in [-0.2, 0) is 17.9 Å². The van der Waals surface area contributed by atoms with Gasteiger partial charge in [-0.1, -0.05) is 243 Å². The van der Waals surface area contributed by atoms with Crippen molar-refractivity contribution in [2.45, 2.75) is 0 Å². The molecule has 0 bridgehead atoms. The summed E-state index contributed by atoms with van der Waals surface area (Å²) in [5.41, 5.74) is 2.82. The smallest absolute Gasteiger partial charge is 0.0134 e. The number of hydrogen-bond acceptors (Lipinski definition) is 2. The van der Waals surface area contributed by atoms with Crippen LogP contribution in [0.4, 0.5) is 0 Å². The van der Waals surface area contributed by atoms with Gasteiger partial charge in [0.1, 0.15) is 0 Å². The Bertz CT molecular complexity index is 2540. The van der Waals surface area contributed by atoms with E-state index >= 15 is 0 Å². The summed E-state index contributed by atoms with van der Waals surface area (Å²) in [6, 6.07) is 90.2. The molecule has 0 spiro atoms. The first-order valence-corrected chi connectivity index (χ1v) is 26.9. The van der Waals surface area contributed by atoms with Gasteiger partial charge < -0.3 is 9.59 Å². The van der Waals surface area contributed by atoms with Crippen LogP contribution in [0.25, 0.3) is 0 Å². The van der Waals surface area contributed by atoms with E-state index in [1.54, 1.807) is 24.3 Å². The second-order valence-electron chi connectivity index (χ2n) is 14.6. The molecule has 322 valence electrons. The Labute approximate surface area is 406 Å². The van der Waals surface area contributed by atoms with E-state index in [2.05, 4.69) is 204 Å². The largest absolute Gasteiger partial charge is 0.0622 e. The SMILES string of the molecule is O=C1C(=[C-]c2ccccc2)C(=[C-]c2ccccc2)C(=O)c2ccccc21.[Cl][Ir+2].c1ccc(P(c2ccccc2)c2ccccc2)cc1.c1ccc(P(c2ccccc2)c2ccccc2)cc1. The van der Waals surface area contributed by atoms with Crippen molar-refractivity contribution in [3.05, 3.63) is 312 Å². The quantitative estimate of drug-likeness (QED) is 0.0863. The fourth-order valence-electron chi connectivity index (χ4n) is 7.30. The molecule has 0 radical (unpaired) electrons. The number of Topliss-reactive ketones (excluding diaryl/α,β-unsaturated/α-hetero) is 2. The molecule has 66 heavy (non-hydrogen) atoms.